The normalized spacial score (nSPS) is 11.0. The van der Waals surface area contributed by atoms with Gasteiger partial charge in [0.25, 0.3) is 0 Å². The Balaban J connectivity index is 2.15. The van der Waals surface area contributed by atoms with Crippen LogP contribution in [-0.4, -0.2) is 19.6 Å². The Labute approximate surface area is 110 Å². The molecule has 0 saturated carbocycles. The molecule has 0 unspecified atom stereocenters. The van der Waals surface area contributed by atoms with Crippen LogP contribution < -0.4 is 0 Å². The van der Waals surface area contributed by atoms with Gasteiger partial charge in [-0.25, -0.2) is 9.36 Å². The molecule has 0 spiro atoms. The molecule has 0 aliphatic heterocycles. The molecule has 1 aromatic carbocycles. The maximum Gasteiger partial charge on any atom is 0.169 e. The predicted octanol–water partition coefficient (Wildman–Crippen LogP) is 2.46. The fraction of sp³-hybridized carbons (Fsp3) is 0.0769. The van der Waals surface area contributed by atoms with Gasteiger partial charge in [0.2, 0.25) is 0 Å². The lowest BCUT2D eigenvalue weighted by atomic mass is 10.1. The van der Waals surface area contributed by atoms with Crippen molar-refractivity contribution in [2.45, 2.75) is 11.1 Å². The average Bonchev–Trinajstić information content (AvgIpc) is 3.05. The molecule has 0 aliphatic carbocycles. The zero-order valence-corrected chi connectivity index (χ0v) is 10.5. The van der Waals surface area contributed by atoms with Crippen LogP contribution in [0.15, 0.2) is 66.1 Å². The number of benzene rings is 1. The van der Waals surface area contributed by atoms with Gasteiger partial charge in [-0.15, -0.1) is 12.6 Å². The lowest BCUT2D eigenvalue weighted by molar-refractivity contribution is 0.413. The number of thiol groups is 1. The minimum Gasteiger partial charge on any atom is -0.244 e. The van der Waals surface area contributed by atoms with Crippen molar-refractivity contribution in [2.24, 2.45) is 0 Å². The minimum absolute atomic E-state index is 0.108. The van der Waals surface area contributed by atoms with E-state index in [2.05, 4.69) is 22.8 Å². The van der Waals surface area contributed by atoms with E-state index in [4.69, 9.17) is 0 Å². The summed E-state index contributed by atoms with van der Waals surface area (Å²) in [7, 11) is 0. The average molecular weight is 256 g/mol. The van der Waals surface area contributed by atoms with Crippen molar-refractivity contribution in [1.29, 1.82) is 0 Å². The molecule has 5 heteroatoms. The molecule has 0 amide bonds. The van der Waals surface area contributed by atoms with Crippen LogP contribution in [0.25, 0.3) is 0 Å². The SMILES string of the molecule is Sc1ccccc1C(n1cccn1)n1cccn1. The van der Waals surface area contributed by atoms with Gasteiger partial charge in [-0.1, -0.05) is 18.2 Å². The number of rotatable bonds is 3. The Bertz CT molecular complexity index is 582. The van der Waals surface area contributed by atoms with Gasteiger partial charge in [-0.3, -0.25) is 0 Å². The zero-order chi connectivity index (χ0) is 12.4. The van der Waals surface area contributed by atoms with Crippen molar-refractivity contribution in [3.05, 3.63) is 66.7 Å². The molecule has 0 saturated heterocycles. The number of hydrogen-bond donors (Lipinski definition) is 1. The largest absolute Gasteiger partial charge is 0.244 e. The van der Waals surface area contributed by atoms with Crippen molar-refractivity contribution in [1.82, 2.24) is 19.6 Å². The van der Waals surface area contributed by atoms with Crippen LogP contribution in [0.5, 0.6) is 0 Å². The first kappa shape index (κ1) is 11.1. The second-order valence-electron chi connectivity index (χ2n) is 3.90. The number of nitrogens with zero attached hydrogens (tertiary/aromatic N) is 4. The molecule has 0 fully saturated rings. The van der Waals surface area contributed by atoms with Gasteiger partial charge in [0.05, 0.1) is 0 Å². The van der Waals surface area contributed by atoms with E-state index in [0.717, 1.165) is 10.5 Å². The third kappa shape index (κ3) is 1.93. The maximum atomic E-state index is 4.52. The molecule has 3 rings (SSSR count). The summed E-state index contributed by atoms with van der Waals surface area (Å²) in [5.74, 6) is 0. The van der Waals surface area contributed by atoms with Crippen molar-refractivity contribution in [2.75, 3.05) is 0 Å². The second kappa shape index (κ2) is 4.70. The van der Waals surface area contributed by atoms with Crippen molar-refractivity contribution < 1.29 is 0 Å². The van der Waals surface area contributed by atoms with Gasteiger partial charge < -0.3 is 0 Å². The summed E-state index contributed by atoms with van der Waals surface area (Å²) in [5, 5.41) is 8.62. The molecule has 0 bridgehead atoms. The molecule has 4 nitrogen and oxygen atoms in total. The number of hydrogen-bond acceptors (Lipinski definition) is 3. The summed E-state index contributed by atoms with van der Waals surface area (Å²) in [5.41, 5.74) is 1.06. The molecule has 90 valence electrons. The minimum atomic E-state index is -0.108. The summed E-state index contributed by atoms with van der Waals surface area (Å²) in [6, 6.07) is 11.8. The topological polar surface area (TPSA) is 35.6 Å². The highest BCUT2D eigenvalue weighted by Gasteiger charge is 2.18. The van der Waals surface area contributed by atoms with E-state index in [9.17, 15) is 0 Å². The third-order valence-electron chi connectivity index (χ3n) is 2.77. The smallest absolute Gasteiger partial charge is 0.169 e. The lowest BCUT2D eigenvalue weighted by Gasteiger charge is -2.20. The van der Waals surface area contributed by atoms with Crippen LogP contribution in [0.1, 0.15) is 11.7 Å². The summed E-state index contributed by atoms with van der Waals surface area (Å²) < 4.78 is 3.73. The molecule has 18 heavy (non-hydrogen) atoms. The Morgan fingerprint density at radius 3 is 2.00 bits per heavy atom. The van der Waals surface area contributed by atoms with Gasteiger partial charge >= 0.3 is 0 Å². The van der Waals surface area contributed by atoms with E-state index in [1.807, 2.05) is 58.2 Å². The van der Waals surface area contributed by atoms with E-state index >= 15 is 0 Å². The highest BCUT2D eigenvalue weighted by atomic mass is 32.1. The van der Waals surface area contributed by atoms with Crippen molar-refractivity contribution in [3.63, 3.8) is 0 Å². The molecular weight excluding hydrogens is 244 g/mol. The molecule has 0 radical (unpaired) electrons. The third-order valence-corrected chi connectivity index (χ3v) is 3.17. The molecule has 2 heterocycles. The monoisotopic (exact) mass is 256 g/mol. The highest BCUT2D eigenvalue weighted by molar-refractivity contribution is 7.80. The van der Waals surface area contributed by atoms with Crippen LogP contribution in [0.2, 0.25) is 0 Å². The quantitative estimate of drug-likeness (QED) is 0.731. The summed E-state index contributed by atoms with van der Waals surface area (Å²) >= 11 is 4.52. The van der Waals surface area contributed by atoms with Crippen LogP contribution >= 0.6 is 12.6 Å². The summed E-state index contributed by atoms with van der Waals surface area (Å²) in [6.07, 6.45) is 7.26. The second-order valence-corrected chi connectivity index (χ2v) is 4.39. The van der Waals surface area contributed by atoms with E-state index in [1.54, 1.807) is 12.4 Å². The molecular formula is C13H12N4S. The molecule has 3 aromatic rings. The van der Waals surface area contributed by atoms with Gasteiger partial charge in [0.1, 0.15) is 0 Å². The summed E-state index contributed by atoms with van der Waals surface area (Å²) in [6.45, 7) is 0. The fourth-order valence-electron chi connectivity index (χ4n) is 1.96. The van der Waals surface area contributed by atoms with Gasteiger partial charge in [0, 0.05) is 35.2 Å². The first-order chi connectivity index (χ1) is 8.86. The molecule has 0 N–H and O–H groups in total. The Hall–Kier alpha value is -2.01. The first-order valence-corrected chi connectivity index (χ1v) is 6.07. The maximum absolute atomic E-state index is 4.52. The fourth-order valence-corrected chi connectivity index (χ4v) is 2.24. The first-order valence-electron chi connectivity index (χ1n) is 5.62. The standard InChI is InChI=1S/C13H12N4S/c18-12-6-2-1-5-11(12)13(16-9-3-7-14-16)17-10-4-8-15-17/h1-10,13,18H. The molecule has 0 atom stereocenters. The lowest BCUT2D eigenvalue weighted by Crippen LogP contribution is -2.21. The van der Waals surface area contributed by atoms with Gasteiger partial charge in [0.15, 0.2) is 6.17 Å². The molecule has 0 aliphatic rings. The van der Waals surface area contributed by atoms with Crippen molar-refractivity contribution >= 4 is 12.6 Å². The Morgan fingerprint density at radius 1 is 0.889 bits per heavy atom. The van der Waals surface area contributed by atoms with E-state index < -0.39 is 0 Å². The number of aromatic nitrogens is 4. The predicted molar refractivity (Wildman–Crippen MR) is 71.7 cm³/mol. The summed E-state index contributed by atoms with van der Waals surface area (Å²) in [4.78, 5) is 0.925. The Morgan fingerprint density at radius 2 is 1.50 bits per heavy atom. The van der Waals surface area contributed by atoms with Crippen molar-refractivity contribution in [3.8, 4) is 0 Å². The van der Waals surface area contributed by atoms with Crippen LogP contribution in [0.3, 0.4) is 0 Å². The molecule has 2 aromatic heterocycles. The van der Waals surface area contributed by atoms with Crippen LogP contribution in [-0.2, 0) is 0 Å². The van der Waals surface area contributed by atoms with E-state index in [1.165, 1.54) is 0 Å². The van der Waals surface area contributed by atoms with E-state index in [-0.39, 0.29) is 6.17 Å². The van der Waals surface area contributed by atoms with Gasteiger partial charge in [-0.2, -0.15) is 10.2 Å². The van der Waals surface area contributed by atoms with Crippen LogP contribution in [0, 0.1) is 0 Å². The van der Waals surface area contributed by atoms with E-state index in [0.29, 0.717) is 0 Å². The highest BCUT2D eigenvalue weighted by Crippen LogP contribution is 2.25. The Kier molecular flexibility index (Phi) is 2.90. The zero-order valence-electron chi connectivity index (χ0n) is 9.59. The van der Waals surface area contributed by atoms with Gasteiger partial charge in [-0.05, 0) is 18.2 Å². The van der Waals surface area contributed by atoms with Crippen LogP contribution in [0.4, 0.5) is 0 Å².